The normalized spacial score (nSPS) is 23.3. The highest BCUT2D eigenvalue weighted by molar-refractivity contribution is 5.75. The van der Waals surface area contributed by atoms with Crippen LogP contribution in [0, 0.1) is 5.41 Å². The average molecular weight is 263 g/mol. The molecule has 5 heteroatoms. The summed E-state index contributed by atoms with van der Waals surface area (Å²) in [4.78, 5) is 15.9. The van der Waals surface area contributed by atoms with Gasteiger partial charge in [0.25, 0.3) is 0 Å². The molecule has 104 valence electrons. The number of nitrogens with two attached hydrogens (primary N) is 1. The quantitative estimate of drug-likeness (QED) is 0.793. The van der Waals surface area contributed by atoms with Crippen LogP contribution in [-0.2, 0) is 9.53 Å². The number of hydrogen-bond donors (Lipinski definition) is 2. The molecule has 3 N–H and O–H groups in total. The van der Waals surface area contributed by atoms with Crippen LogP contribution in [0.3, 0.4) is 0 Å². The molecule has 0 saturated carbocycles. The number of carbonyl (C=O) groups is 1. The summed E-state index contributed by atoms with van der Waals surface area (Å²) in [6, 6.07) is 3.77. The van der Waals surface area contributed by atoms with Gasteiger partial charge in [0, 0.05) is 25.1 Å². The fourth-order valence-corrected chi connectivity index (χ4v) is 2.01. The Kier molecular flexibility index (Phi) is 3.75. The second-order valence-electron chi connectivity index (χ2n) is 6.00. The van der Waals surface area contributed by atoms with E-state index in [2.05, 4.69) is 10.3 Å². The molecule has 2 rings (SSSR count). The lowest BCUT2D eigenvalue weighted by Crippen LogP contribution is -2.33. The maximum Gasteiger partial charge on any atom is 0.312 e. The number of ether oxygens (including phenoxy) is 1. The summed E-state index contributed by atoms with van der Waals surface area (Å²) in [7, 11) is 0. The Morgan fingerprint density at radius 3 is 2.79 bits per heavy atom. The van der Waals surface area contributed by atoms with Gasteiger partial charge in [-0.3, -0.25) is 10.1 Å². The molecule has 1 unspecified atom stereocenters. The van der Waals surface area contributed by atoms with Gasteiger partial charge in [-0.1, -0.05) is 6.07 Å². The molecule has 1 aliphatic heterocycles. The molecular formula is C14H21N3O2. The summed E-state index contributed by atoms with van der Waals surface area (Å²) < 4.78 is 5.46. The highest BCUT2D eigenvalue weighted by Gasteiger charge is 2.31. The van der Waals surface area contributed by atoms with Gasteiger partial charge in [-0.2, -0.15) is 0 Å². The van der Waals surface area contributed by atoms with Gasteiger partial charge in [-0.25, -0.2) is 4.98 Å². The molecule has 2 heterocycles. The van der Waals surface area contributed by atoms with Crippen molar-refractivity contribution in [2.75, 3.05) is 12.3 Å². The van der Waals surface area contributed by atoms with Crippen LogP contribution in [0.2, 0.25) is 0 Å². The van der Waals surface area contributed by atoms with E-state index < -0.39 is 5.41 Å². The maximum absolute atomic E-state index is 11.8. The first-order valence-electron chi connectivity index (χ1n) is 6.52. The van der Waals surface area contributed by atoms with Crippen LogP contribution >= 0.6 is 0 Å². The van der Waals surface area contributed by atoms with Crippen LogP contribution in [0.5, 0.6) is 0 Å². The molecule has 1 aromatic heterocycles. The maximum atomic E-state index is 11.8. The molecule has 5 nitrogen and oxygen atoms in total. The molecule has 1 fully saturated rings. The molecule has 19 heavy (non-hydrogen) atoms. The van der Waals surface area contributed by atoms with E-state index in [1.54, 1.807) is 12.3 Å². The number of rotatable bonds is 2. The third-order valence-corrected chi connectivity index (χ3v) is 3.23. The summed E-state index contributed by atoms with van der Waals surface area (Å²) >= 11 is 0. The molecule has 2 atom stereocenters. The average Bonchev–Trinajstić information content (AvgIpc) is 2.77. The Labute approximate surface area is 113 Å². The van der Waals surface area contributed by atoms with Crippen molar-refractivity contribution in [2.24, 2.45) is 5.41 Å². The molecule has 0 aliphatic carbocycles. The number of nitrogens with zero attached hydrogens (tertiary/aromatic N) is 1. The minimum Gasteiger partial charge on any atom is -0.446 e. The van der Waals surface area contributed by atoms with Crippen molar-refractivity contribution in [2.45, 2.75) is 39.3 Å². The molecule has 0 amide bonds. The summed E-state index contributed by atoms with van der Waals surface area (Å²) in [5.41, 5.74) is 6.22. The van der Waals surface area contributed by atoms with E-state index >= 15 is 0 Å². The van der Waals surface area contributed by atoms with E-state index in [-0.39, 0.29) is 12.2 Å². The van der Waals surface area contributed by atoms with Crippen molar-refractivity contribution in [3.8, 4) is 0 Å². The van der Waals surface area contributed by atoms with Gasteiger partial charge in [0.15, 0.2) is 6.23 Å². The van der Waals surface area contributed by atoms with E-state index in [4.69, 9.17) is 10.5 Å². The monoisotopic (exact) mass is 263 g/mol. The minimum atomic E-state index is -0.470. The second kappa shape index (κ2) is 5.17. The number of carbonyl (C=O) groups excluding carboxylic acids is 1. The van der Waals surface area contributed by atoms with Crippen molar-refractivity contribution >= 4 is 11.8 Å². The zero-order chi connectivity index (χ0) is 14.0. The number of hydrogen-bond acceptors (Lipinski definition) is 5. The van der Waals surface area contributed by atoms with Crippen molar-refractivity contribution in [3.63, 3.8) is 0 Å². The van der Waals surface area contributed by atoms with Crippen LogP contribution in [0.1, 0.15) is 38.7 Å². The van der Waals surface area contributed by atoms with Gasteiger partial charge in [0.2, 0.25) is 0 Å². The van der Waals surface area contributed by atoms with Crippen molar-refractivity contribution in [3.05, 3.63) is 23.9 Å². The molecule has 0 radical (unpaired) electrons. The molecular weight excluding hydrogens is 242 g/mol. The van der Waals surface area contributed by atoms with E-state index in [1.807, 2.05) is 26.8 Å². The Morgan fingerprint density at radius 2 is 2.21 bits per heavy atom. The zero-order valence-electron chi connectivity index (χ0n) is 11.6. The lowest BCUT2D eigenvalue weighted by Gasteiger charge is -2.20. The van der Waals surface area contributed by atoms with Gasteiger partial charge < -0.3 is 10.5 Å². The smallest absolute Gasteiger partial charge is 0.312 e. The summed E-state index contributed by atoms with van der Waals surface area (Å²) in [5.74, 6) is 0.650. The fraction of sp³-hybridized carbons (Fsp3) is 0.571. The van der Waals surface area contributed by atoms with Crippen molar-refractivity contribution in [1.82, 2.24) is 10.3 Å². The predicted molar refractivity (Wildman–Crippen MR) is 73.3 cm³/mol. The van der Waals surface area contributed by atoms with Gasteiger partial charge >= 0.3 is 5.97 Å². The summed E-state index contributed by atoms with van der Waals surface area (Å²) in [6.45, 7) is 6.34. The number of aromatic nitrogens is 1. The molecule has 1 aliphatic rings. The van der Waals surface area contributed by atoms with Crippen LogP contribution < -0.4 is 11.1 Å². The lowest BCUT2D eigenvalue weighted by molar-refractivity contribution is -0.159. The van der Waals surface area contributed by atoms with Gasteiger partial charge in [-0.05, 0) is 32.4 Å². The topological polar surface area (TPSA) is 77.2 Å². The number of esters is 1. The summed E-state index contributed by atoms with van der Waals surface area (Å²) in [6.07, 6.45) is 2.34. The molecule has 1 aromatic rings. The zero-order valence-corrected chi connectivity index (χ0v) is 11.6. The highest BCUT2D eigenvalue weighted by Crippen LogP contribution is 2.27. The molecule has 0 spiro atoms. The van der Waals surface area contributed by atoms with E-state index in [0.29, 0.717) is 11.7 Å². The van der Waals surface area contributed by atoms with Crippen molar-refractivity contribution in [1.29, 1.82) is 0 Å². The molecule has 0 bridgehead atoms. The van der Waals surface area contributed by atoms with E-state index in [0.717, 1.165) is 18.5 Å². The van der Waals surface area contributed by atoms with E-state index in [1.165, 1.54) is 0 Å². The Balaban J connectivity index is 1.93. The lowest BCUT2D eigenvalue weighted by atomic mass is 9.97. The second-order valence-corrected chi connectivity index (χ2v) is 6.00. The van der Waals surface area contributed by atoms with Gasteiger partial charge in [0.05, 0.1) is 5.41 Å². The SMILES string of the molecule is CC(C)(C)C(=O)OC1C[C@@H](c2ccc(N)nc2)CN1. The number of nitrogen functional groups attached to an aromatic ring is 1. The predicted octanol–water partition coefficient (Wildman–Crippen LogP) is 1.66. The van der Waals surface area contributed by atoms with Gasteiger partial charge in [0.1, 0.15) is 5.82 Å². The minimum absolute atomic E-state index is 0.180. The summed E-state index contributed by atoms with van der Waals surface area (Å²) in [5, 5.41) is 3.22. The van der Waals surface area contributed by atoms with Crippen LogP contribution in [-0.4, -0.2) is 23.7 Å². The van der Waals surface area contributed by atoms with Crippen molar-refractivity contribution < 1.29 is 9.53 Å². The molecule has 1 saturated heterocycles. The standard InChI is InChI=1S/C14H21N3O2/c1-14(2,3)13(18)19-12-6-10(8-17-12)9-4-5-11(15)16-7-9/h4-5,7,10,12,17H,6,8H2,1-3H3,(H2,15,16)/t10-,12?/m1/s1. The number of anilines is 1. The Hall–Kier alpha value is -1.62. The highest BCUT2D eigenvalue weighted by atomic mass is 16.6. The fourth-order valence-electron chi connectivity index (χ4n) is 2.01. The third-order valence-electron chi connectivity index (χ3n) is 3.23. The number of pyridine rings is 1. The van der Waals surface area contributed by atoms with Crippen LogP contribution in [0.15, 0.2) is 18.3 Å². The third kappa shape index (κ3) is 3.44. The first-order valence-corrected chi connectivity index (χ1v) is 6.52. The van der Waals surface area contributed by atoms with Crippen LogP contribution in [0.25, 0.3) is 0 Å². The largest absolute Gasteiger partial charge is 0.446 e. The molecule has 0 aromatic carbocycles. The first kappa shape index (κ1) is 13.8. The Morgan fingerprint density at radius 1 is 1.47 bits per heavy atom. The first-order chi connectivity index (χ1) is 8.86. The van der Waals surface area contributed by atoms with Crippen LogP contribution in [0.4, 0.5) is 5.82 Å². The Bertz CT molecular complexity index is 451. The van der Waals surface area contributed by atoms with Gasteiger partial charge in [-0.15, -0.1) is 0 Å². The number of nitrogens with one attached hydrogen (secondary N) is 1. The van der Waals surface area contributed by atoms with E-state index in [9.17, 15) is 4.79 Å².